The van der Waals surface area contributed by atoms with E-state index in [0.29, 0.717) is 10.9 Å². The number of nitrogens with zero attached hydrogens (tertiary/aromatic N) is 4. The van der Waals surface area contributed by atoms with Crippen molar-refractivity contribution in [3.63, 3.8) is 0 Å². The number of hydrogen-bond donors (Lipinski definition) is 0. The lowest BCUT2D eigenvalue weighted by Gasteiger charge is -2.24. The van der Waals surface area contributed by atoms with E-state index in [-0.39, 0.29) is 11.9 Å². The maximum absolute atomic E-state index is 12.4. The summed E-state index contributed by atoms with van der Waals surface area (Å²) in [5, 5.41) is 1.66. The molecule has 0 N–H and O–H groups in total. The van der Waals surface area contributed by atoms with Gasteiger partial charge in [0.25, 0.3) is 0 Å². The van der Waals surface area contributed by atoms with Crippen molar-refractivity contribution >= 4 is 29.0 Å². The predicted molar refractivity (Wildman–Crippen MR) is 90.3 cm³/mol. The van der Waals surface area contributed by atoms with Crippen molar-refractivity contribution in [1.82, 2.24) is 19.9 Å². The molecule has 0 saturated carbocycles. The Morgan fingerprint density at radius 2 is 2.09 bits per heavy atom. The summed E-state index contributed by atoms with van der Waals surface area (Å²) in [6.07, 6.45) is 1.71. The van der Waals surface area contributed by atoms with Crippen LogP contribution in [0.25, 0.3) is 0 Å². The van der Waals surface area contributed by atoms with Gasteiger partial charge >= 0.3 is 0 Å². The first kappa shape index (κ1) is 16.9. The van der Waals surface area contributed by atoms with Crippen LogP contribution in [0.2, 0.25) is 0 Å². The van der Waals surface area contributed by atoms with Crippen molar-refractivity contribution in [2.75, 3.05) is 12.8 Å². The van der Waals surface area contributed by atoms with Gasteiger partial charge in [0.1, 0.15) is 0 Å². The summed E-state index contributed by atoms with van der Waals surface area (Å²) in [5.74, 6) is 0.375. The van der Waals surface area contributed by atoms with Crippen LogP contribution < -0.4 is 0 Å². The fourth-order valence-corrected chi connectivity index (χ4v) is 3.76. The summed E-state index contributed by atoms with van der Waals surface area (Å²) in [6, 6.07) is 1.81. The molecule has 5 nitrogen and oxygen atoms in total. The van der Waals surface area contributed by atoms with E-state index in [2.05, 4.69) is 15.0 Å². The van der Waals surface area contributed by atoms with Crippen LogP contribution in [0.5, 0.6) is 0 Å². The summed E-state index contributed by atoms with van der Waals surface area (Å²) in [7, 11) is 1.82. The van der Waals surface area contributed by atoms with Crippen molar-refractivity contribution in [3.8, 4) is 0 Å². The molecular formula is C15H20N4OS2. The minimum atomic E-state index is -0.0310. The second-order valence-electron chi connectivity index (χ2n) is 5.12. The van der Waals surface area contributed by atoms with Crippen LogP contribution in [-0.2, 0) is 4.79 Å². The number of rotatable bonds is 5. The summed E-state index contributed by atoms with van der Waals surface area (Å²) >= 11 is 3.03. The van der Waals surface area contributed by atoms with Crippen LogP contribution in [0.3, 0.4) is 0 Å². The van der Waals surface area contributed by atoms with Gasteiger partial charge in [-0.25, -0.2) is 15.0 Å². The molecule has 118 valence electrons. The normalized spacial score (nSPS) is 12.2. The Balaban J connectivity index is 1.98. The van der Waals surface area contributed by atoms with Crippen molar-refractivity contribution < 1.29 is 4.79 Å². The maximum Gasteiger partial charge on any atom is 0.233 e. The quantitative estimate of drug-likeness (QED) is 0.620. The lowest BCUT2D eigenvalue weighted by molar-refractivity contribution is -0.129. The van der Waals surface area contributed by atoms with Crippen LogP contribution in [0.15, 0.2) is 17.4 Å². The molecule has 0 aromatic carbocycles. The van der Waals surface area contributed by atoms with E-state index in [1.54, 1.807) is 22.4 Å². The molecule has 7 heteroatoms. The minimum absolute atomic E-state index is 0.0310. The monoisotopic (exact) mass is 336 g/mol. The number of thiazole rings is 1. The number of aryl methyl sites for hydroxylation is 3. The predicted octanol–water partition coefficient (Wildman–Crippen LogP) is 3.17. The van der Waals surface area contributed by atoms with Gasteiger partial charge in [-0.05, 0) is 33.8 Å². The third kappa shape index (κ3) is 4.04. The highest BCUT2D eigenvalue weighted by molar-refractivity contribution is 7.99. The number of carbonyl (C=O) groups excluding carboxylic acids is 1. The number of hydrogen-bond acceptors (Lipinski definition) is 6. The molecule has 0 fully saturated rings. The second-order valence-corrected chi connectivity index (χ2v) is 7.47. The average Bonchev–Trinajstić information content (AvgIpc) is 2.82. The molecule has 22 heavy (non-hydrogen) atoms. The molecule has 0 aliphatic rings. The van der Waals surface area contributed by atoms with E-state index in [9.17, 15) is 4.79 Å². The number of carbonyl (C=O) groups is 1. The molecule has 0 bridgehead atoms. The maximum atomic E-state index is 12.4. The Morgan fingerprint density at radius 3 is 2.68 bits per heavy atom. The largest absolute Gasteiger partial charge is 0.337 e. The van der Waals surface area contributed by atoms with Gasteiger partial charge in [-0.3, -0.25) is 4.79 Å². The van der Waals surface area contributed by atoms with Gasteiger partial charge in [0, 0.05) is 23.8 Å². The van der Waals surface area contributed by atoms with Crippen LogP contribution >= 0.6 is 23.1 Å². The van der Waals surface area contributed by atoms with Gasteiger partial charge in [-0.1, -0.05) is 11.8 Å². The fourth-order valence-electron chi connectivity index (χ4n) is 2.06. The highest BCUT2D eigenvalue weighted by Crippen LogP contribution is 2.26. The van der Waals surface area contributed by atoms with E-state index in [4.69, 9.17) is 0 Å². The van der Waals surface area contributed by atoms with Crippen molar-refractivity contribution in [2.24, 2.45) is 0 Å². The smallest absolute Gasteiger partial charge is 0.233 e. The van der Waals surface area contributed by atoms with Crippen molar-refractivity contribution in [3.05, 3.63) is 33.5 Å². The van der Waals surface area contributed by atoms with Crippen LogP contribution in [0.4, 0.5) is 0 Å². The fraction of sp³-hybridized carbons (Fsp3) is 0.467. The first-order valence-electron chi connectivity index (χ1n) is 7.00. The molecule has 0 unspecified atom stereocenters. The highest BCUT2D eigenvalue weighted by Gasteiger charge is 2.21. The first-order chi connectivity index (χ1) is 10.4. The zero-order valence-corrected chi connectivity index (χ0v) is 15.1. The Hall–Kier alpha value is -1.47. The summed E-state index contributed by atoms with van der Waals surface area (Å²) in [6.45, 7) is 7.95. The van der Waals surface area contributed by atoms with Crippen LogP contribution in [0.1, 0.15) is 34.2 Å². The molecule has 2 aromatic heterocycles. The summed E-state index contributed by atoms with van der Waals surface area (Å²) in [5.41, 5.74) is 1.88. The molecule has 2 aromatic rings. The van der Waals surface area contributed by atoms with Crippen molar-refractivity contribution in [2.45, 2.75) is 38.9 Å². The zero-order chi connectivity index (χ0) is 16.3. The van der Waals surface area contributed by atoms with E-state index in [0.717, 1.165) is 16.4 Å². The lowest BCUT2D eigenvalue weighted by Crippen LogP contribution is -2.31. The first-order valence-corrected chi connectivity index (χ1v) is 8.80. The average molecular weight is 336 g/mol. The number of amides is 1. The molecule has 0 aliphatic carbocycles. The van der Waals surface area contributed by atoms with E-state index in [1.165, 1.54) is 16.6 Å². The van der Waals surface area contributed by atoms with Crippen molar-refractivity contribution in [1.29, 1.82) is 0 Å². The Morgan fingerprint density at radius 1 is 1.36 bits per heavy atom. The number of thioether (sulfide) groups is 1. The molecule has 1 amide bonds. The molecule has 0 radical (unpaired) electrons. The Kier molecular flexibility index (Phi) is 5.52. The third-order valence-electron chi connectivity index (χ3n) is 3.41. The molecule has 0 spiro atoms. The SMILES string of the molecule is Cc1ccnc(SCC(=O)N(C)[C@H](C)c2nc(C)sc2C)n1. The zero-order valence-electron chi connectivity index (χ0n) is 13.5. The third-order valence-corrected chi connectivity index (χ3v) is 5.16. The Labute approximate surface area is 139 Å². The van der Waals surface area contributed by atoms with Crippen LogP contribution in [-0.4, -0.2) is 38.6 Å². The van der Waals surface area contributed by atoms with E-state index < -0.39 is 0 Å². The van der Waals surface area contributed by atoms with E-state index in [1.807, 2.05) is 40.8 Å². The van der Waals surface area contributed by atoms with Gasteiger partial charge in [0.05, 0.1) is 22.5 Å². The second kappa shape index (κ2) is 7.19. The van der Waals surface area contributed by atoms with E-state index >= 15 is 0 Å². The van der Waals surface area contributed by atoms with Gasteiger partial charge in [-0.2, -0.15) is 0 Å². The highest BCUT2D eigenvalue weighted by atomic mass is 32.2. The molecule has 2 heterocycles. The van der Waals surface area contributed by atoms with Crippen LogP contribution in [0, 0.1) is 20.8 Å². The topological polar surface area (TPSA) is 59.0 Å². The summed E-state index contributed by atoms with van der Waals surface area (Å²) < 4.78 is 0. The van der Waals surface area contributed by atoms with Gasteiger partial charge < -0.3 is 4.90 Å². The van der Waals surface area contributed by atoms with Gasteiger partial charge in [0.2, 0.25) is 5.91 Å². The lowest BCUT2D eigenvalue weighted by atomic mass is 10.2. The molecular weight excluding hydrogens is 316 g/mol. The Bertz CT molecular complexity index is 671. The minimum Gasteiger partial charge on any atom is -0.337 e. The number of aromatic nitrogens is 3. The standard InChI is InChI=1S/C15H20N4OS2/c1-9-6-7-16-15(17-9)21-8-13(20)19(5)10(2)14-11(3)22-12(4)18-14/h6-7,10H,8H2,1-5H3/t10-/m1/s1. The van der Waals surface area contributed by atoms with Gasteiger partial charge in [-0.15, -0.1) is 11.3 Å². The molecule has 0 saturated heterocycles. The molecule has 0 aliphatic heterocycles. The molecule has 2 rings (SSSR count). The molecule has 1 atom stereocenters. The summed E-state index contributed by atoms with van der Waals surface area (Å²) in [4.78, 5) is 28.3. The van der Waals surface area contributed by atoms with Gasteiger partial charge in [0.15, 0.2) is 5.16 Å².